The Bertz CT molecular complexity index is 499. The maximum Gasteiger partial charge on any atom is 0.253 e. The summed E-state index contributed by atoms with van der Waals surface area (Å²) in [7, 11) is 0. The van der Waals surface area contributed by atoms with Crippen LogP contribution in [0.15, 0.2) is 42.5 Å². The van der Waals surface area contributed by atoms with Crippen molar-refractivity contribution < 1.29 is 14.3 Å². The number of hydrogen-bond donors (Lipinski definition) is 0. The Morgan fingerprint density at radius 2 is 1.72 bits per heavy atom. The van der Waals surface area contributed by atoms with Gasteiger partial charge in [-0.2, -0.15) is 0 Å². The van der Waals surface area contributed by atoms with Gasteiger partial charge >= 0.3 is 0 Å². The summed E-state index contributed by atoms with van der Waals surface area (Å²) in [6.45, 7) is 1.06. The van der Waals surface area contributed by atoms with E-state index in [-0.39, 0.29) is 17.4 Å². The van der Waals surface area contributed by atoms with Gasteiger partial charge in [0.05, 0.1) is 6.61 Å². The highest BCUT2D eigenvalue weighted by atomic mass is 16.6. The van der Waals surface area contributed by atoms with E-state index in [9.17, 15) is 9.59 Å². The summed E-state index contributed by atoms with van der Waals surface area (Å²) in [5.41, 5.74) is 0.807. The summed E-state index contributed by atoms with van der Waals surface area (Å²) in [6.07, 6.45) is 3.27. The molecule has 1 aromatic carbocycles. The number of carbonyl (C=O) groups is 2. The molecule has 1 saturated heterocycles. The number of nitrogens with zero attached hydrogens (tertiary/aromatic N) is 1. The molecule has 0 aromatic heterocycles. The molecule has 0 spiro atoms. The summed E-state index contributed by atoms with van der Waals surface area (Å²) < 4.78 is 5.54. The van der Waals surface area contributed by atoms with Crippen LogP contribution >= 0.6 is 0 Å². The number of hydrogen-bond acceptors (Lipinski definition) is 3. The molecule has 0 radical (unpaired) electrons. The predicted molar refractivity (Wildman–Crippen MR) is 64.5 cm³/mol. The van der Waals surface area contributed by atoms with Gasteiger partial charge in [-0.25, -0.2) is 0 Å². The average molecular weight is 243 g/mol. The maximum atomic E-state index is 11.4. The molecule has 1 unspecified atom stereocenters. The molecule has 18 heavy (non-hydrogen) atoms. The Labute approximate surface area is 105 Å². The highest BCUT2D eigenvalue weighted by Crippen LogP contribution is 2.42. The van der Waals surface area contributed by atoms with E-state index < -0.39 is 0 Å². The summed E-state index contributed by atoms with van der Waals surface area (Å²) in [5.74, 6) is -0.465. The first kappa shape index (κ1) is 11.2. The van der Waals surface area contributed by atoms with Gasteiger partial charge in [0.25, 0.3) is 11.8 Å². The molecule has 1 aromatic rings. The molecule has 1 atom stereocenters. The quantitative estimate of drug-likeness (QED) is 0.590. The Kier molecular flexibility index (Phi) is 2.52. The number of amides is 2. The first-order valence-corrected chi connectivity index (χ1v) is 5.94. The van der Waals surface area contributed by atoms with Crippen LogP contribution in [0.1, 0.15) is 12.0 Å². The number of carbonyl (C=O) groups excluding carboxylic acids is 2. The third-order valence-electron chi connectivity index (χ3n) is 3.43. The summed E-state index contributed by atoms with van der Waals surface area (Å²) in [4.78, 5) is 24.1. The molecule has 2 amide bonds. The van der Waals surface area contributed by atoms with Gasteiger partial charge in [-0.1, -0.05) is 30.3 Å². The van der Waals surface area contributed by atoms with Crippen LogP contribution in [-0.4, -0.2) is 29.9 Å². The zero-order valence-electron chi connectivity index (χ0n) is 9.83. The van der Waals surface area contributed by atoms with Crippen molar-refractivity contribution in [2.24, 2.45) is 0 Å². The van der Waals surface area contributed by atoms with Crippen LogP contribution in [0.3, 0.4) is 0 Å². The summed E-state index contributed by atoms with van der Waals surface area (Å²) in [6, 6.07) is 9.91. The molecule has 2 aliphatic rings. The SMILES string of the molecule is O=C1C=CC(=O)N1CCC1(c2ccccc2)CO1. The minimum atomic E-state index is -0.301. The minimum Gasteiger partial charge on any atom is -0.364 e. The van der Waals surface area contributed by atoms with Crippen molar-refractivity contribution in [1.29, 1.82) is 0 Å². The summed E-state index contributed by atoms with van der Waals surface area (Å²) in [5, 5.41) is 0. The van der Waals surface area contributed by atoms with Crippen LogP contribution in [0.4, 0.5) is 0 Å². The predicted octanol–water partition coefficient (Wildman–Crippen LogP) is 1.23. The number of ether oxygens (including phenoxy) is 1. The molecule has 0 N–H and O–H groups in total. The lowest BCUT2D eigenvalue weighted by atomic mass is 9.96. The number of benzene rings is 1. The van der Waals surface area contributed by atoms with Crippen molar-refractivity contribution >= 4 is 11.8 Å². The van der Waals surface area contributed by atoms with Gasteiger partial charge in [0.2, 0.25) is 0 Å². The van der Waals surface area contributed by atoms with Crippen LogP contribution in [0.25, 0.3) is 0 Å². The molecule has 3 rings (SSSR count). The number of rotatable bonds is 4. The zero-order valence-corrected chi connectivity index (χ0v) is 9.83. The van der Waals surface area contributed by atoms with Crippen molar-refractivity contribution in [1.82, 2.24) is 4.90 Å². The van der Waals surface area contributed by atoms with Gasteiger partial charge in [-0.15, -0.1) is 0 Å². The first-order valence-electron chi connectivity index (χ1n) is 5.94. The van der Waals surface area contributed by atoms with Crippen molar-refractivity contribution in [2.45, 2.75) is 12.0 Å². The van der Waals surface area contributed by atoms with E-state index in [0.717, 1.165) is 5.56 Å². The van der Waals surface area contributed by atoms with E-state index >= 15 is 0 Å². The Morgan fingerprint density at radius 1 is 1.11 bits per heavy atom. The second-order valence-corrected chi connectivity index (χ2v) is 4.56. The van der Waals surface area contributed by atoms with Crippen molar-refractivity contribution in [3.63, 3.8) is 0 Å². The molecule has 0 aliphatic carbocycles. The maximum absolute atomic E-state index is 11.4. The van der Waals surface area contributed by atoms with Crippen LogP contribution in [0.2, 0.25) is 0 Å². The molecular formula is C14H13NO3. The Morgan fingerprint density at radius 3 is 2.28 bits per heavy atom. The molecule has 92 valence electrons. The largest absolute Gasteiger partial charge is 0.364 e. The van der Waals surface area contributed by atoms with E-state index in [1.54, 1.807) is 0 Å². The van der Waals surface area contributed by atoms with Crippen LogP contribution in [0.5, 0.6) is 0 Å². The highest BCUT2D eigenvalue weighted by Gasteiger charge is 2.46. The standard InChI is InChI=1S/C14H13NO3/c16-12-6-7-13(17)15(12)9-8-14(10-18-14)11-4-2-1-3-5-11/h1-7H,8-10H2. The number of epoxide rings is 1. The van der Waals surface area contributed by atoms with Gasteiger partial charge in [-0.3, -0.25) is 14.5 Å². The first-order chi connectivity index (χ1) is 8.71. The molecular weight excluding hydrogens is 230 g/mol. The van der Waals surface area contributed by atoms with E-state index in [1.165, 1.54) is 17.1 Å². The minimum absolute atomic E-state index is 0.233. The lowest BCUT2D eigenvalue weighted by Crippen LogP contribution is -2.33. The normalized spacial score (nSPS) is 25.9. The van der Waals surface area contributed by atoms with E-state index in [1.807, 2.05) is 30.3 Å². The molecule has 1 fully saturated rings. The molecule has 2 heterocycles. The smallest absolute Gasteiger partial charge is 0.253 e. The van der Waals surface area contributed by atoms with Gasteiger partial charge in [0, 0.05) is 25.1 Å². The third-order valence-corrected chi connectivity index (χ3v) is 3.43. The van der Waals surface area contributed by atoms with E-state index in [4.69, 9.17) is 4.74 Å². The Hall–Kier alpha value is -1.94. The van der Waals surface area contributed by atoms with Gasteiger partial charge in [0.1, 0.15) is 5.60 Å². The van der Waals surface area contributed by atoms with Crippen molar-refractivity contribution in [3.8, 4) is 0 Å². The Balaban J connectivity index is 1.68. The molecule has 4 heteroatoms. The van der Waals surface area contributed by atoms with E-state index in [0.29, 0.717) is 19.6 Å². The molecule has 2 aliphatic heterocycles. The summed E-state index contributed by atoms with van der Waals surface area (Å²) >= 11 is 0. The van der Waals surface area contributed by atoms with Gasteiger partial charge < -0.3 is 4.74 Å². The third kappa shape index (κ3) is 1.84. The fraction of sp³-hybridized carbons (Fsp3) is 0.286. The van der Waals surface area contributed by atoms with Crippen molar-refractivity contribution in [2.75, 3.05) is 13.2 Å². The molecule has 0 bridgehead atoms. The second kappa shape index (κ2) is 4.07. The fourth-order valence-corrected chi connectivity index (χ4v) is 2.23. The van der Waals surface area contributed by atoms with Crippen LogP contribution in [-0.2, 0) is 19.9 Å². The van der Waals surface area contributed by atoms with Gasteiger partial charge in [0.15, 0.2) is 0 Å². The zero-order chi connectivity index (χ0) is 12.6. The molecule has 0 saturated carbocycles. The van der Waals surface area contributed by atoms with Crippen LogP contribution in [0, 0.1) is 0 Å². The van der Waals surface area contributed by atoms with E-state index in [2.05, 4.69) is 0 Å². The monoisotopic (exact) mass is 243 g/mol. The fourth-order valence-electron chi connectivity index (χ4n) is 2.23. The van der Waals surface area contributed by atoms with Gasteiger partial charge in [-0.05, 0) is 5.56 Å². The van der Waals surface area contributed by atoms with Crippen LogP contribution < -0.4 is 0 Å². The lowest BCUT2D eigenvalue weighted by molar-refractivity contribution is -0.137. The topological polar surface area (TPSA) is 49.9 Å². The highest BCUT2D eigenvalue weighted by molar-refractivity contribution is 6.12. The number of imide groups is 1. The van der Waals surface area contributed by atoms with Crippen molar-refractivity contribution in [3.05, 3.63) is 48.0 Å². The average Bonchev–Trinajstić information content (AvgIpc) is 3.12. The lowest BCUT2D eigenvalue weighted by Gasteiger charge is -2.17. The molecule has 4 nitrogen and oxygen atoms in total. The second-order valence-electron chi connectivity index (χ2n) is 4.56.